The number of nitrogens with two attached hydrogens (primary N) is 1. The fourth-order valence-corrected chi connectivity index (χ4v) is 15.1. The molecule has 0 aliphatic carbocycles. The maximum Gasteiger partial charge on any atom is 1.00 e. The number of nitro groups is 1. The van der Waals surface area contributed by atoms with Gasteiger partial charge in [0.25, 0.3) is 12.2 Å². The Bertz CT molecular complexity index is 4430. The van der Waals surface area contributed by atoms with Gasteiger partial charge in [0.15, 0.2) is 16.5 Å². The summed E-state index contributed by atoms with van der Waals surface area (Å²) in [5, 5.41) is 60.8. The fourth-order valence-electron chi connectivity index (χ4n) is 9.37. The molecule has 3 fully saturated rings. The van der Waals surface area contributed by atoms with Gasteiger partial charge in [-0.15, -0.1) is 4.63 Å². The molecule has 3 aliphatic heterocycles. The van der Waals surface area contributed by atoms with Crippen LogP contribution in [-0.2, 0) is 59.0 Å². The van der Waals surface area contributed by atoms with E-state index < -0.39 is 75.5 Å². The molecule has 5 aromatic heterocycles. The largest absolute Gasteiger partial charge is 1.00 e. The van der Waals surface area contributed by atoms with E-state index in [0.29, 0.717) is 85.6 Å². The number of rotatable bonds is 22. The van der Waals surface area contributed by atoms with Crippen molar-refractivity contribution >= 4 is 95.9 Å². The monoisotopic (exact) mass is 1650 g/mol. The van der Waals surface area contributed by atoms with E-state index in [1.54, 1.807) is 12.1 Å². The summed E-state index contributed by atoms with van der Waals surface area (Å²) in [6.07, 6.45) is 6.91. The van der Waals surface area contributed by atoms with E-state index in [1.807, 2.05) is 0 Å². The molecule has 11 rings (SSSR count). The van der Waals surface area contributed by atoms with Gasteiger partial charge in [-0.25, -0.2) is 79.3 Å². The molecule has 0 amide bonds. The maximum atomic E-state index is 13.6. The van der Waals surface area contributed by atoms with Gasteiger partial charge in [0.2, 0.25) is 41.7 Å². The third kappa shape index (κ3) is 22.8. The Hall–Kier alpha value is -5.86. The minimum Gasteiger partial charge on any atom is -0.870 e. The molecule has 3 aliphatic rings. The van der Waals surface area contributed by atoms with Crippen molar-refractivity contribution in [1.29, 1.82) is 0 Å². The average molecular weight is 1650 g/mol. The van der Waals surface area contributed by atoms with Crippen molar-refractivity contribution in [2.24, 2.45) is 10.9 Å². The summed E-state index contributed by atoms with van der Waals surface area (Å²) in [6, 6.07) is 12.1. The number of carbonyl (C=O) groups is 1. The van der Waals surface area contributed by atoms with Crippen molar-refractivity contribution in [3.05, 3.63) is 139 Å². The number of nitrogens with zero attached hydrogens (tertiary/aromatic N) is 15. The molecule has 0 spiro atoms. The number of sulfonamides is 3. The molecule has 0 atom stereocenters. The van der Waals surface area contributed by atoms with Crippen molar-refractivity contribution in [2.45, 2.75) is 70.6 Å². The second-order valence-electron chi connectivity index (χ2n) is 20.2. The summed E-state index contributed by atoms with van der Waals surface area (Å²) in [7, 11) is -9.60. The van der Waals surface area contributed by atoms with Gasteiger partial charge in [-0.3, -0.25) is 13.8 Å². The predicted molar refractivity (Wildman–Crippen MR) is 332 cm³/mol. The number of oxime groups is 1. The summed E-state index contributed by atoms with van der Waals surface area (Å²) in [4.78, 5) is 45.2. The summed E-state index contributed by atoms with van der Waals surface area (Å²) < 4.78 is 142. The fraction of sp³-hybridized carbons (Fsp3) is 0.412. The van der Waals surface area contributed by atoms with E-state index in [-0.39, 0.29) is 151 Å². The molecule has 0 radical (unpaired) electrons. The number of benzene rings is 3. The Morgan fingerprint density at radius 1 is 0.622 bits per heavy atom. The summed E-state index contributed by atoms with van der Waals surface area (Å²) in [5.41, 5.74) is 7.33. The van der Waals surface area contributed by atoms with E-state index in [9.17, 15) is 63.3 Å². The Balaban J connectivity index is 0.000000280. The molecule has 3 aromatic carbocycles. The van der Waals surface area contributed by atoms with Crippen LogP contribution in [0.1, 0.15) is 74.0 Å². The minimum absolute atomic E-state index is 0. The molecule has 4 N–H and O–H groups in total. The molecule has 0 unspecified atom stereocenters. The normalized spacial score (nSPS) is 14.2. The van der Waals surface area contributed by atoms with Gasteiger partial charge in [-0.05, 0) is 186 Å². The van der Waals surface area contributed by atoms with Gasteiger partial charge in [-0.2, -0.15) is 0 Å². The molecular formula is C51H56Br3F3N16Na2O20S3. The third-order valence-corrected chi connectivity index (χ3v) is 21.5. The SMILES string of the molecule is NCCS(=O)(=O)N1CCCC1.O=CO[O-].O=S(=O)(CCCc1nonc1/C(Cc1ccc(F)c(Br)c1)=N/O)N1CCCC1.O=c1onc(-c2nonc2CCCS(=O)(=O)N2CCCC2)n1-c1ccc(F)c(Br)c1.O=c1onc(-c2nonc2[N+](=O)[O-])n1-c1ccc(F)c(Br)c1.[Na+].[Na+].[OH-]. The number of aryl methyl sites for hydroxylation is 2. The molecule has 522 valence electrons. The minimum atomic E-state index is -3.32. The summed E-state index contributed by atoms with van der Waals surface area (Å²) in [6.45, 7) is 3.67. The summed E-state index contributed by atoms with van der Waals surface area (Å²) >= 11 is 9.16. The summed E-state index contributed by atoms with van der Waals surface area (Å²) in [5.74, 6) is -4.11. The molecule has 0 bridgehead atoms. The number of aromatic nitrogens is 10. The molecule has 98 heavy (non-hydrogen) atoms. The molecule has 8 aromatic rings. The van der Waals surface area contributed by atoms with E-state index in [4.69, 9.17) is 29.6 Å². The Labute approximate surface area is 622 Å². The van der Waals surface area contributed by atoms with Gasteiger partial charge in [0.1, 0.15) is 34.6 Å². The number of hydrogen-bond acceptors (Lipinski definition) is 30. The van der Waals surface area contributed by atoms with Crippen LogP contribution < -0.4 is 81.6 Å². The molecule has 47 heteroatoms. The first kappa shape index (κ1) is 84.6. The Morgan fingerprint density at radius 3 is 1.45 bits per heavy atom. The first-order valence-electron chi connectivity index (χ1n) is 28.0. The number of halogens is 6. The zero-order valence-electron chi connectivity index (χ0n) is 51.6. The van der Waals surface area contributed by atoms with Crippen LogP contribution in [0.4, 0.5) is 19.0 Å². The topological polar surface area (TPSA) is 506 Å². The second-order valence-corrected chi connectivity index (χ2v) is 29.0. The van der Waals surface area contributed by atoms with Crippen LogP contribution in [0.5, 0.6) is 0 Å². The quantitative estimate of drug-likeness (QED) is 0.0144. The van der Waals surface area contributed by atoms with Crippen LogP contribution in [0, 0.1) is 27.6 Å². The van der Waals surface area contributed by atoms with E-state index in [0.717, 1.165) is 53.7 Å². The molecule has 0 saturated carbocycles. The van der Waals surface area contributed by atoms with Crippen molar-refractivity contribution in [3.63, 3.8) is 0 Å². The first-order valence-corrected chi connectivity index (χ1v) is 35.2. The third-order valence-electron chi connectivity index (χ3n) is 13.9. The Morgan fingerprint density at radius 2 is 1.02 bits per heavy atom. The van der Waals surface area contributed by atoms with Crippen LogP contribution in [-0.4, -0.2) is 179 Å². The van der Waals surface area contributed by atoms with Gasteiger partial charge >= 0.3 is 76.4 Å². The van der Waals surface area contributed by atoms with Crippen LogP contribution in [0.15, 0.2) is 106 Å². The number of carbonyl (C=O) groups excluding carboxylic acids is 1. The van der Waals surface area contributed by atoms with E-state index in [1.165, 1.54) is 49.3 Å². The van der Waals surface area contributed by atoms with Crippen LogP contribution in [0.2, 0.25) is 0 Å². The zero-order chi connectivity index (χ0) is 69.0. The van der Waals surface area contributed by atoms with Crippen LogP contribution in [0.25, 0.3) is 34.4 Å². The number of hydrogen-bond donors (Lipinski definition) is 2. The maximum absolute atomic E-state index is 13.6. The van der Waals surface area contributed by atoms with Crippen LogP contribution in [0.3, 0.4) is 0 Å². The second kappa shape index (κ2) is 40.0. The van der Waals surface area contributed by atoms with Gasteiger partial charge in [0.05, 0.1) is 42.1 Å². The first-order chi connectivity index (χ1) is 45.3. The standard InChI is InChI=1S/C17H17BrFN5O5S.C17H20BrFN4O4S.C10H3BrFN5O5.C6H14N2O2S.CH2O3.2Na.H2O/c18-12-10-11(5-6-13(12)19)24-16(22-28-17(24)25)15-14(20-29-21-15)4-3-9-30(26,27)23-7-1-2-8-23;18-13-10-12(5-6-14(13)19)11-16(20-24)17-15(21-27-22-17)4-3-9-28(25,26)23-7-1-2-8-23;11-5-3-4(1-2-6(5)12)16-8(14-21-10(16)18)7-9(17(19)20)15-22-13-7;7-3-6-11(9,10)8-4-1-2-5-8;2-1-4-3;;;/h5-6,10H,1-4,7-9H2;5-6,10,24H,1-4,7-9,11H2;1-3H;1-7H2;1,3H;;;1H2/q;;;;;2*+1;/p-2/b;20-16+;;;;;;. The molecule has 8 heterocycles. The average Bonchev–Trinajstić information content (AvgIpc) is 1.64. The van der Waals surface area contributed by atoms with E-state index in [2.05, 4.69) is 108 Å². The molecular weight excluding hydrogens is 1600 g/mol. The van der Waals surface area contributed by atoms with Crippen molar-refractivity contribution in [2.75, 3.05) is 63.1 Å². The van der Waals surface area contributed by atoms with Gasteiger partial charge in [0, 0.05) is 52.2 Å². The molecule has 3 saturated heterocycles. The molecule has 36 nitrogen and oxygen atoms in total. The van der Waals surface area contributed by atoms with Crippen molar-refractivity contribution in [3.8, 4) is 34.4 Å². The van der Waals surface area contributed by atoms with E-state index >= 15 is 0 Å². The zero-order valence-corrected chi connectivity index (χ0v) is 62.9. The van der Waals surface area contributed by atoms with Crippen molar-refractivity contribution < 1.29 is 151 Å². The van der Waals surface area contributed by atoms with Gasteiger partial charge < -0.3 is 36.7 Å². The smallest absolute Gasteiger partial charge is 0.870 e. The van der Waals surface area contributed by atoms with Gasteiger partial charge in [-0.1, -0.05) is 31.8 Å². The Kier molecular flexibility index (Phi) is 34.5. The predicted octanol–water partition coefficient (Wildman–Crippen LogP) is -1.79. The van der Waals surface area contributed by atoms with Crippen LogP contribution >= 0.6 is 47.8 Å². The van der Waals surface area contributed by atoms with Crippen molar-refractivity contribution in [1.82, 2.24) is 63.3 Å².